The lowest BCUT2D eigenvalue weighted by atomic mass is 9.88. The first-order chi connectivity index (χ1) is 14.7. The fourth-order valence-electron chi connectivity index (χ4n) is 4.69. The summed E-state index contributed by atoms with van der Waals surface area (Å²) in [6.07, 6.45) is 6.78. The van der Waals surface area contributed by atoms with Gasteiger partial charge in [-0.15, -0.1) is 0 Å². The van der Waals surface area contributed by atoms with Gasteiger partial charge in [-0.2, -0.15) is 0 Å². The smallest absolute Gasteiger partial charge is 0.225 e. The summed E-state index contributed by atoms with van der Waals surface area (Å²) in [6, 6.07) is 8.39. The van der Waals surface area contributed by atoms with Crippen molar-refractivity contribution in [1.82, 2.24) is 25.1 Å². The lowest BCUT2D eigenvalue weighted by Crippen LogP contribution is -2.45. The second-order valence-corrected chi connectivity index (χ2v) is 8.52. The van der Waals surface area contributed by atoms with Crippen molar-refractivity contribution in [3.63, 3.8) is 0 Å². The molecule has 1 aliphatic heterocycles. The highest BCUT2D eigenvalue weighted by molar-refractivity contribution is 5.81. The van der Waals surface area contributed by atoms with Crippen molar-refractivity contribution in [3.8, 4) is 0 Å². The molecule has 1 aromatic carbocycles. The number of rotatable bonds is 5. The number of imidazole rings is 1. The second kappa shape index (κ2) is 9.49. The molecule has 1 saturated carbocycles. The van der Waals surface area contributed by atoms with Crippen LogP contribution in [0.25, 0.3) is 11.0 Å². The number of carbonyl (C=O) groups excluding carboxylic acids is 1. The molecule has 162 valence electrons. The van der Waals surface area contributed by atoms with Gasteiger partial charge in [0.25, 0.3) is 0 Å². The van der Waals surface area contributed by atoms with Gasteiger partial charge in [-0.25, -0.2) is 9.98 Å². The van der Waals surface area contributed by atoms with Crippen LogP contribution >= 0.6 is 0 Å². The maximum atomic E-state index is 12.8. The molecule has 1 unspecified atom stereocenters. The summed E-state index contributed by atoms with van der Waals surface area (Å²) in [7, 11) is 2.03. The molecule has 2 aliphatic rings. The number of para-hydroxylation sites is 2. The van der Waals surface area contributed by atoms with Gasteiger partial charge in [0.2, 0.25) is 5.91 Å². The first-order valence-electron chi connectivity index (χ1n) is 11.4. The van der Waals surface area contributed by atoms with Gasteiger partial charge < -0.3 is 20.1 Å². The molecule has 2 aromatic rings. The second-order valence-electron chi connectivity index (χ2n) is 8.52. The molecule has 7 nitrogen and oxygen atoms in total. The molecule has 2 N–H and O–H groups in total. The number of hydrogen-bond acceptors (Lipinski definition) is 3. The predicted molar refractivity (Wildman–Crippen MR) is 120 cm³/mol. The number of nitrogens with zero attached hydrogens (tertiary/aromatic N) is 4. The van der Waals surface area contributed by atoms with Crippen LogP contribution in [0, 0.1) is 5.92 Å². The van der Waals surface area contributed by atoms with Gasteiger partial charge in [-0.3, -0.25) is 4.79 Å². The number of guanidine groups is 1. The van der Waals surface area contributed by atoms with Gasteiger partial charge >= 0.3 is 0 Å². The van der Waals surface area contributed by atoms with Crippen molar-refractivity contribution in [3.05, 3.63) is 30.1 Å². The average molecular weight is 411 g/mol. The van der Waals surface area contributed by atoms with Crippen LogP contribution in [0.15, 0.2) is 29.3 Å². The van der Waals surface area contributed by atoms with Gasteiger partial charge in [0.1, 0.15) is 12.4 Å². The summed E-state index contributed by atoms with van der Waals surface area (Å²) < 4.78 is 2.10. The van der Waals surface area contributed by atoms with Crippen LogP contribution in [0.2, 0.25) is 0 Å². The number of benzene rings is 1. The van der Waals surface area contributed by atoms with Crippen LogP contribution in [-0.2, 0) is 18.4 Å². The fourth-order valence-corrected chi connectivity index (χ4v) is 4.69. The average Bonchev–Trinajstić information content (AvgIpc) is 3.37. The molecule has 1 saturated heterocycles. The van der Waals surface area contributed by atoms with Crippen molar-refractivity contribution in [2.24, 2.45) is 18.0 Å². The highest BCUT2D eigenvalue weighted by atomic mass is 16.2. The van der Waals surface area contributed by atoms with E-state index in [1.54, 1.807) is 0 Å². The first-order valence-corrected chi connectivity index (χ1v) is 11.4. The van der Waals surface area contributed by atoms with E-state index in [-0.39, 0.29) is 12.0 Å². The minimum absolute atomic E-state index is 0.246. The van der Waals surface area contributed by atoms with E-state index in [1.165, 1.54) is 19.3 Å². The number of nitrogens with one attached hydrogen (secondary N) is 2. The number of amides is 1. The van der Waals surface area contributed by atoms with Crippen LogP contribution in [0.1, 0.15) is 51.3 Å². The highest BCUT2D eigenvalue weighted by Gasteiger charge is 2.31. The van der Waals surface area contributed by atoms with Crippen LogP contribution in [0.4, 0.5) is 0 Å². The van der Waals surface area contributed by atoms with E-state index in [1.807, 2.05) is 25.2 Å². The summed E-state index contributed by atoms with van der Waals surface area (Å²) in [5, 5.41) is 6.87. The monoisotopic (exact) mass is 410 g/mol. The van der Waals surface area contributed by atoms with E-state index in [2.05, 4.69) is 33.1 Å². The molecule has 0 radical (unpaired) electrons. The molecule has 0 bridgehead atoms. The van der Waals surface area contributed by atoms with Crippen molar-refractivity contribution < 1.29 is 4.79 Å². The van der Waals surface area contributed by atoms with E-state index in [0.717, 1.165) is 61.7 Å². The van der Waals surface area contributed by atoms with Gasteiger partial charge in [-0.05, 0) is 38.3 Å². The molecule has 1 aliphatic carbocycles. The topological polar surface area (TPSA) is 74.6 Å². The SMILES string of the molecule is CCNC(=NCc1nc2ccccc2n1C)NC1CCN(C(=O)C2CCCCC2)C1. The quantitative estimate of drug-likeness (QED) is 0.587. The van der Waals surface area contributed by atoms with Crippen LogP contribution in [0.5, 0.6) is 0 Å². The Hall–Kier alpha value is -2.57. The molecular formula is C23H34N6O. The Balaban J connectivity index is 1.37. The largest absolute Gasteiger partial charge is 0.357 e. The van der Waals surface area contributed by atoms with Gasteiger partial charge in [0.05, 0.1) is 11.0 Å². The van der Waals surface area contributed by atoms with Gasteiger partial charge in [0.15, 0.2) is 5.96 Å². The number of carbonyl (C=O) groups is 1. The van der Waals surface area contributed by atoms with E-state index < -0.39 is 0 Å². The molecule has 1 aromatic heterocycles. The molecular weight excluding hydrogens is 376 g/mol. The van der Waals surface area contributed by atoms with Gasteiger partial charge in [0, 0.05) is 38.6 Å². The summed E-state index contributed by atoms with van der Waals surface area (Å²) in [5.41, 5.74) is 2.11. The maximum Gasteiger partial charge on any atom is 0.225 e. The summed E-state index contributed by atoms with van der Waals surface area (Å²) >= 11 is 0. The minimum Gasteiger partial charge on any atom is -0.357 e. The Morgan fingerprint density at radius 3 is 2.77 bits per heavy atom. The zero-order valence-electron chi connectivity index (χ0n) is 18.2. The van der Waals surface area contributed by atoms with Crippen LogP contribution in [0.3, 0.4) is 0 Å². The fraction of sp³-hybridized carbons (Fsp3) is 0.609. The Bertz CT molecular complexity index is 898. The third kappa shape index (κ3) is 4.60. The normalized spacial score (nSPS) is 20.7. The molecule has 7 heteroatoms. The van der Waals surface area contributed by atoms with E-state index in [9.17, 15) is 4.79 Å². The predicted octanol–water partition coefficient (Wildman–Crippen LogP) is 2.81. The molecule has 30 heavy (non-hydrogen) atoms. The Labute approximate surface area is 178 Å². The number of aryl methyl sites for hydroxylation is 1. The Kier molecular flexibility index (Phi) is 6.55. The summed E-state index contributed by atoms with van der Waals surface area (Å²) in [6.45, 7) is 4.99. The lowest BCUT2D eigenvalue weighted by Gasteiger charge is -2.26. The molecule has 1 atom stereocenters. The number of hydrogen-bond donors (Lipinski definition) is 2. The van der Waals surface area contributed by atoms with E-state index in [4.69, 9.17) is 9.98 Å². The molecule has 4 rings (SSSR count). The minimum atomic E-state index is 0.246. The molecule has 0 spiro atoms. The Morgan fingerprint density at radius 1 is 1.20 bits per heavy atom. The Morgan fingerprint density at radius 2 is 2.00 bits per heavy atom. The van der Waals surface area contributed by atoms with Crippen molar-refractivity contribution in [1.29, 1.82) is 0 Å². The highest BCUT2D eigenvalue weighted by Crippen LogP contribution is 2.26. The van der Waals surface area contributed by atoms with Crippen molar-refractivity contribution in [2.75, 3.05) is 19.6 Å². The summed E-state index contributed by atoms with van der Waals surface area (Å²) in [5.74, 6) is 2.34. The van der Waals surface area contributed by atoms with Crippen LogP contribution < -0.4 is 10.6 Å². The molecule has 2 fully saturated rings. The molecule has 2 heterocycles. The third-order valence-electron chi connectivity index (χ3n) is 6.40. The van der Waals surface area contributed by atoms with Crippen molar-refractivity contribution in [2.45, 2.75) is 58.0 Å². The summed E-state index contributed by atoms with van der Waals surface area (Å²) in [4.78, 5) is 24.4. The zero-order valence-corrected chi connectivity index (χ0v) is 18.2. The van der Waals surface area contributed by atoms with E-state index in [0.29, 0.717) is 12.5 Å². The molecule has 1 amide bonds. The third-order valence-corrected chi connectivity index (χ3v) is 6.40. The van der Waals surface area contributed by atoms with E-state index >= 15 is 0 Å². The lowest BCUT2D eigenvalue weighted by molar-refractivity contribution is -0.135. The number of likely N-dealkylation sites (tertiary alicyclic amines) is 1. The maximum absolute atomic E-state index is 12.8. The number of fused-ring (bicyclic) bond motifs is 1. The number of aliphatic imine (C=N–C) groups is 1. The van der Waals surface area contributed by atoms with Crippen LogP contribution in [-0.4, -0.2) is 52.0 Å². The standard InChI is InChI=1S/C23H34N6O/c1-3-24-23(25-15-21-27-19-11-7-8-12-20(19)28(21)2)26-18-13-14-29(16-18)22(30)17-9-5-4-6-10-17/h7-8,11-12,17-18H,3-6,9-10,13-16H2,1-2H3,(H2,24,25,26). The zero-order chi connectivity index (χ0) is 20.9. The number of aromatic nitrogens is 2. The van der Waals surface area contributed by atoms with Crippen molar-refractivity contribution >= 4 is 22.9 Å². The van der Waals surface area contributed by atoms with Gasteiger partial charge in [-0.1, -0.05) is 31.4 Å². The first kappa shape index (κ1) is 20.7.